The van der Waals surface area contributed by atoms with Crippen molar-refractivity contribution >= 4 is 10.9 Å². The lowest BCUT2D eigenvalue weighted by Gasteiger charge is -2.10. The van der Waals surface area contributed by atoms with Gasteiger partial charge in [-0.25, -0.2) is 0 Å². The van der Waals surface area contributed by atoms with Crippen LogP contribution in [0.15, 0.2) is 24.3 Å². The second-order valence-electron chi connectivity index (χ2n) is 3.83. The molecule has 0 radical (unpaired) electrons. The molecule has 1 aliphatic carbocycles. The first-order valence-electron chi connectivity index (χ1n) is 8.03. The summed E-state index contributed by atoms with van der Waals surface area (Å²) >= 11 is 0. The molecule has 1 aromatic carbocycles. The standard InChI is InChI=1S/C12H13N.3C2H6/c1-3-7-11-9(5-1)10-6-2-4-8-12(10)13-11;3*1-2/h1,3,5,7,13H,2,4,6,8H2;3*1-2H3. The summed E-state index contributed by atoms with van der Waals surface area (Å²) < 4.78 is 0. The van der Waals surface area contributed by atoms with Crippen LogP contribution in [0.1, 0.15) is 65.6 Å². The molecular formula is C18H31N. The van der Waals surface area contributed by atoms with Crippen molar-refractivity contribution in [2.45, 2.75) is 67.2 Å². The molecule has 0 bridgehead atoms. The normalized spacial score (nSPS) is 11.9. The van der Waals surface area contributed by atoms with Crippen LogP contribution in [0.4, 0.5) is 0 Å². The van der Waals surface area contributed by atoms with Gasteiger partial charge < -0.3 is 4.98 Å². The Balaban J connectivity index is 0.000000482. The molecule has 3 rings (SSSR count). The van der Waals surface area contributed by atoms with Crippen LogP contribution in [-0.4, -0.2) is 4.98 Å². The number of nitrogens with one attached hydrogen (secondary N) is 1. The number of para-hydroxylation sites is 1. The van der Waals surface area contributed by atoms with Crippen LogP contribution < -0.4 is 0 Å². The minimum Gasteiger partial charge on any atom is -0.358 e. The number of hydrogen-bond acceptors (Lipinski definition) is 0. The Labute approximate surface area is 119 Å². The minimum atomic E-state index is 1.24. The molecular weight excluding hydrogens is 230 g/mol. The highest BCUT2D eigenvalue weighted by atomic mass is 14.7. The molecule has 1 aliphatic rings. The van der Waals surface area contributed by atoms with E-state index >= 15 is 0 Å². The minimum absolute atomic E-state index is 1.24. The molecule has 0 saturated carbocycles. The molecule has 1 nitrogen and oxygen atoms in total. The third-order valence-corrected chi connectivity index (χ3v) is 3.01. The van der Waals surface area contributed by atoms with Gasteiger partial charge in [0.15, 0.2) is 0 Å². The fourth-order valence-corrected chi connectivity index (χ4v) is 2.36. The van der Waals surface area contributed by atoms with Gasteiger partial charge in [-0.1, -0.05) is 59.7 Å². The number of hydrogen-bond donors (Lipinski definition) is 1. The molecule has 0 saturated heterocycles. The van der Waals surface area contributed by atoms with Gasteiger partial charge in [-0.15, -0.1) is 0 Å². The van der Waals surface area contributed by atoms with Crippen molar-refractivity contribution in [3.05, 3.63) is 35.5 Å². The van der Waals surface area contributed by atoms with E-state index in [1.165, 1.54) is 42.3 Å². The molecule has 0 fully saturated rings. The number of fused-ring (bicyclic) bond motifs is 3. The van der Waals surface area contributed by atoms with E-state index in [1.807, 2.05) is 41.5 Å². The third-order valence-electron chi connectivity index (χ3n) is 3.01. The van der Waals surface area contributed by atoms with Crippen molar-refractivity contribution in [1.82, 2.24) is 4.98 Å². The molecule has 19 heavy (non-hydrogen) atoms. The lowest BCUT2D eigenvalue weighted by molar-refractivity contribution is 0.680. The topological polar surface area (TPSA) is 15.8 Å². The summed E-state index contributed by atoms with van der Waals surface area (Å²) in [7, 11) is 0. The quantitative estimate of drug-likeness (QED) is 0.587. The van der Waals surface area contributed by atoms with Crippen LogP contribution in [-0.2, 0) is 12.8 Å². The zero-order valence-electron chi connectivity index (χ0n) is 13.6. The molecule has 1 aromatic heterocycles. The zero-order valence-corrected chi connectivity index (χ0v) is 13.6. The number of benzene rings is 1. The molecule has 0 amide bonds. The lowest BCUT2D eigenvalue weighted by atomic mass is 9.96. The first-order chi connectivity index (χ1) is 9.45. The Kier molecular flexibility index (Phi) is 9.97. The van der Waals surface area contributed by atoms with Crippen LogP contribution in [0, 0.1) is 0 Å². The van der Waals surface area contributed by atoms with Gasteiger partial charge in [0.2, 0.25) is 0 Å². The van der Waals surface area contributed by atoms with E-state index in [0.717, 1.165) is 0 Å². The van der Waals surface area contributed by atoms with E-state index < -0.39 is 0 Å². The van der Waals surface area contributed by atoms with Gasteiger partial charge >= 0.3 is 0 Å². The van der Waals surface area contributed by atoms with Crippen molar-refractivity contribution in [1.29, 1.82) is 0 Å². The van der Waals surface area contributed by atoms with Gasteiger partial charge in [0.25, 0.3) is 0 Å². The fourth-order valence-electron chi connectivity index (χ4n) is 2.36. The van der Waals surface area contributed by atoms with Crippen molar-refractivity contribution in [2.75, 3.05) is 0 Å². The summed E-state index contributed by atoms with van der Waals surface area (Å²) in [6.45, 7) is 12.0. The summed E-state index contributed by atoms with van der Waals surface area (Å²) in [6.07, 6.45) is 5.21. The molecule has 1 N–H and O–H groups in total. The molecule has 1 heterocycles. The fraction of sp³-hybridized carbons (Fsp3) is 0.556. The maximum atomic E-state index is 3.52. The Bertz CT molecular complexity index is 440. The van der Waals surface area contributed by atoms with E-state index in [4.69, 9.17) is 0 Å². The third kappa shape index (κ3) is 4.41. The van der Waals surface area contributed by atoms with Crippen molar-refractivity contribution < 1.29 is 0 Å². The smallest absolute Gasteiger partial charge is 0.0458 e. The second-order valence-corrected chi connectivity index (χ2v) is 3.83. The average Bonchev–Trinajstić information content (AvgIpc) is 2.92. The molecule has 0 unspecified atom stereocenters. The Morgan fingerprint density at radius 3 is 2.05 bits per heavy atom. The molecule has 108 valence electrons. The van der Waals surface area contributed by atoms with Gasteiger partial charge in [-0.05, 0) is 37.3 Å². The highest BCUT2D eigenvalue weighted by molar-refractivity contribution is 5.84. The first kappa shape index (κ1) is 17.8. The summed E-state index contributed by atoms with van der Waals surface area (Å²) in [6, 6.07) is 8.64. The second kappa shape index (κ2) is 10.7. The van der Waals surface area contributed by atoms with Crippen molar-refractivity contribution in [3.8, 4) is 0 Å². The monoisotopic (exact) mass is 261 g/mol. The van der Waals surface area contributed by atoms with E-state index in [2.05, 4.69) is 29.2 Å². The largest absolute Gasteiger partial charge is 0.358 e. The van der Waals surface area contributed by atoms with Gasteiger partial charge in [0.1, 0.15) is 0 Å². The zero-order chi connectivity index (χ0) is 14.7. The summed E-state index contributed by atoms with van der Waals surface area (Å²) in [5, 5.41) is 1.44. The van der Waals surface area contributed by atoms with Crippen LogP contribution in [0.2, 0.25) is 0 Å². The number of aromatic amines is 1. The highest BCUT2D eigenvalue weighted by Gasteiger charge is 2.13. The van der Waals surface area contributed by atoms with Gasteiger partial charge in [-0.3, -0.25) is 0 Å². The van der Waals surface area contributed by atoms with E-state index in [1.54, 1.807) is 5.56 Å². The molecule has 0 aliphatic heterocycles. The maximum absolute atomic E-state index is 3.52. The predicted octanol–water partition coefficient (Wildman–Crippen LogP) is 6.13. The van der Waals surface area contributed by atoms with Crippen LogP contribution >= 0.6 is 0 Å². The molecule has 0 atom stereocenters. The van der Waals surface area contributed by atoms with Crippen LogP contribution in [0.25, 0.3) is 10.9 Å². The van der Waals surface area contributed by atoms with Gasteiger partial charge in [0, 0.05) is 16.6 Å². The molecule has 0 spiro atoms. The first-order valence-corrected chi connectivity index (χ1v) is 8.03. The van der Waals surface area contributed by atoms with Crippen LogP contribution in [0.5, 0.6) is 0 Å². The number of H-pyrrole nitrogens is 1. The van der Waals surface area contributed by atoms with E-state index in [0.29, 0.717) is 0 Å². The Morgan fingerprint density at radius 2 is 1.37 bits per heavy atom. The molecule has 2 aromatic rings. The summed E-state index contributed by atoms with van der Waals surface area (Å²) in [4.78, 5) is 3.52. The number of aromatic nitrogens is 1. The van der Waals surface area contributed by atoms with Crippen LogP contribution in [0.3, 0.4) is 0 Å². The van der Waals surface area contributed by atoms with Crippen molar-refractivity contribution in [3.63, 3.8) is 0 Å². The Morgan fingerprint density at radius 1 is 0.789 bits per heavy atom. The molecule has 1 heteroatoms. The lowest BCUT2D eigenvalue weighted by Crippen LogP contribution is -1.99. The maximum Gasteiger partial charge on any atom is 0.0458 e. The summed E-state index contributed by atoms with van der Waals surface area (Å²) in [5.41, 5.74) is 4.36. The highest BCUT2D eigenvalue weighted by Crippen LogP contribution is 2.28. The van der Waals surface area contributed by atoms with E-state index in [9.17, 15) is 0 Å². The van der Waals surface area contributed by atoms with Crippen molar-refractivity contribution in [2.24, 2.45) is 0 Å². The average molecular weight is 261 g/mol. The van der Waals surface area contributed by atoms with Gasteiger partial charge in [-0.2, -0.15) is 0 Å². The number of aryl methyl sites for hydroxylation is 2. The Hall–Kier alpha value is -1.24. The van der Waals surface area contributed by atoms with E-state index in [-0.39, 0.29) is 0 Å². The predicted molar refractivity (Wildman–Crippen MR) is 89.0 cm³/mol. The SMILES string of the molecule is CC.CC.CC.c1ccc2c3c([nH]c2c1)CCCC3. The summed E-state index contributed by atoms with van der Waals surface area (Å²) in [5.74, 6) is 0. The number of rotatable bonds is 0. The van der Waals surface area contributed by atoms with Gasteiger partial charge in [0.05, 0.1) is 0 Å².